The fourth-order valence-corrected chi connectivity index (χ4v) is 3.65. The highest BCUT2D eigenvalue weighted by Gasteiger charge is 2.30. The van der Waals surface area contributed by atoms with Gasteiger partial charge in [0.2, 0.25) is 0 Å². The van der Waals surface area contributed by atoms with Crippen molar-refractivity contribution in [1.29, 1.82) is 0 Å². The molecule has 0 spiro atoms. The lowest BCUT2D eigenvalue weighted by Crippen LogP contribution is -2.11. The number of hydrogen-bond donors (Lipinski definition) is 1. The molecule has 1 heterocycles. The third kappa shape index (κ3) is 7.25. The molecule has 3 rings (SSSR count). The lowest BCUT2D eigenvalue weighted by molar-refractivity contribution is -0.137. The number of benzene rings is 2. The van der Waals surface area contributed by atoms with Crippen molar-refractivity contribution >= 4 is 0 Å². The van der Waals surface area contributed by atoms with Crippen molar-refractivity contribution in [3.8, 4) is 22.8 Å². The van der Waals surface area contributed by atoms with Crippen molar-refractivity contribution in [2.24, 2.45) is 0 Å². The summed E-state index contributed by atoms with van der Waals surface area (Å²) in [6, 6.07) is 16.0. The van der Waals surface area contributed by atoms with E-state index in [1.807, 2.05) is 31.2 Å². The molecule has 1 unspecified atom stereocenters. The summed E-state index contributed by atoms with van der Waals surface area (Å²) in [5.41, 5.74) is 2.15. The highest BCUT2D eigenvalue weighted by Crippen LogP contribution is 2.33. The van der Waals surface area contributed by atoms with Gasteiger partial charge < -0.3 is 14.6 Å². The Morgan fingerprint density at radius 1 is 1.06 bits per heavy atom. The van der Waals surface area contributed by atoms with Crippen LogP contribution in [0, 0.1) is 0 Å². The Morgan fingerprint density at radius 2 is 1.80 bits per heavy atom. The van der Waals surface area contributed by atoms with E-state index >= 15 is 0 Å². The summed E-state index contributed by atoms with van der Waals surface area (Å²) in [5, 5.41) is 9.31. The summed E-state index contributed by atoms with van der Waals surface area (Å²) in [5.74, 6) is 1.27. The van der Waals surface area contributed by atoms with E-state index in [1.54, 1.807) is 12.1 Å². The van der Waals surface area contributed by atoms with Gasteiger partial charge in [0.05, 0.1) is 17.0 Å². The van der Waals surface area contributed by atoms with Crippen molar-refractivity contribution in [3.63, 3.8) is 0 Å². The first-order chi connectivity index (χ1) is 16.7. The Balaban J connectivity index is 1.85. The van der Waals surface area contributed by atoms with E-state index in [2.05, 4.69) is 13.5 Å². The fourth-order valence-electron chi connectivity index (χ4n) is 3.65. The van der Waals surface area contributed by atoms with Crippen LogP contribution in [0.5, 0.6) is 11.5 Å². The van der Waals surface area contributed by atoms with Crippen LogP contribution in [-0.4, -0.2) is 16.7 Å². The second-order valence-corrected chi connectivity index (χ2v) is 8.25. The number of alkyl halides is 3. The van der Waals surface area contributed by atoms with Crippen LogP contribution in [0.2, 0.25) is 0 Å². The maximum Gasteiger partial charge on any atom is 0.416 e. The Labute approximate surface area is 204 Å². The number of nitrogens with zero attached hydrogens (tertiary/aromatic N) is 1. The Bertz CT molecular complexity index is 1130. The first-order valence-corrected chi connectivity index (χ1v) is 11.6. The Kier molecular flexibility index (Phi) is 8.79. The molecule has 0 saturated carbocycles. The zero-order valence-corrected chi connectivity index (χ0v) is 19.9. The van der Waals surface area contributed by atoms with Crippen molar-refractivity contribution in [2.45, 2.75) is 51.8 Å². The van der Waals surface area contributed by atoms with Gasteiger partial charge in [0.25, 0.3) is 0 Å². The van der Waals surface area contributed by atoms with Crippen LogP contribution in [0.25, 0.3) is 11.3 Å². The van der Waals surface area contributed by atoms with Crippen LogP contribution in [0.15, 0.2) is 73.0 Å². The predicted octanol–water partition coefficient (Wildman–Crippen LogP) is 8.09. The van der Waals surface area contributed by atoms with E-state index in [0.717, 1.165) is 37.0 Å². The molecule has 0 aliphatic heterocycles. The molecule has 4 nitrogen and oxygen atoms in total. The number of hydrogen-bond acceptors (Lipinski definition) is 4. The maximum atomic E-state index is 12.9. The first-order valence-electron chi connectivity index (χ1n) is 11.6. The molecule has 0 radical (unpaired) electrons. The van der Waals surface area contributed by atoms with Crippen LogP contribution in [0.3, 0.4) is 0 Å². The highest BCUT2D eigenvalue weighted by atomic mass is 19.4. The SMILES string of the molecule is C=C(O)COc1ccc(OC(CCCC)c2cccc(-c3ccc(C(F)(F)F)cc3)n2)cc1CC. The van der Waals surface area contributed by atoms with Crippen LogP contribution >= 0.6 is 0 Å². The van der Waals surface area contributed by atoms with Crippen LogP contribution in [-0.2, 0) is 12.6 Å². The van der Waals surface area contributed by atoms with Crippen LogP contribution in [0.4, 0.5) is 13.2 Å². The quantitative estimate of drug-likeness (QED) is 0.279. The molecule has 0 amide bonds. The molecule has 0 saturated heterocycles. The standard InChI is InChI=1S/C28H30F3NO3/c1-4-6-10-27(35-23-15-16-26(20(5-2)17-23)34-18-19(3)33)25-9-7-8-24(32-25)21-11-13-22(14-12-21)28(29,30)31/h7-9,11-17,27,33H,3-6,10,18H2,1-2H3. The zero-order valence-electron chi connectivity index (χ0n) is 19.9. The smallest absolute Gasteiger partial charge is 0.416 e. The topological polar surface area (TPSA) is 51.6 Å². The lowest BCUT2D eigenvalue weighted by Gasteiger charge is -2.20. The van der Waals surface area contributed by atoms with Crippen LogP contribution < -0.4 is 9.47 Å². The number of ether oxygens (including phenoxy) is 2. The molecule has 3 aromatic rings. The van der Waals surface area contributed by atoms with Crippen LogP contribution in [0.1, 0.15) is 56.0 Å². The maximum absolute atomic E-state index is 12.9. The molecule has 0 bridgehead atoms. The minimum Gasteiger partial charge on any atom is -0.509 e. The molecule has 35 heavy (non-hydrogen) atoms. The summed E-state index contributed by atoms with van der Waals surface area (Å²) >= 11 is 0. The molecular weight excluding hydrogens is 455 g/mol. The molecule has 0 aliphatic carbocycles. The molecule has 7 heteroatoms. The second kappa shape index (κ2) is 11.8. The van der Waals surface area contributed by atoms with E-state index in [1.165, 1.54) is 12.1 Å². The van der Waals surface area contributed by atoms with Gasteiger partial charge in [-0.15, -0.1) is 0 Å². The Hall–Kier alpha value is -3.48. The van der Waals surface area contributed by atoms with E-state index in [4.69, 9.17) is 14.5 Å². The summed E-state index contributed by atoms with van der Waals surface area (Å²) < 4.78 is 50.7. The molecule has 2 aromatic carbocycles. The summed E-state index contributed by atoms with van der Waals surface area (Å²) in [4.78, 5) is 4.72. The normalized spacial score (nSPS) is 12.3. The number of unbranched alkanes of at least 4 members (excludes halogenated alkanes) is 1. The van der Waals surface area contributed by atoms with Gasteiger partial charge in [0.15, 0.2) is 0 Å². The molecule has 1 aromatic heterocycles. The van der Waals surface area contributed by atoms with Crippen molar-refractivity contribution < 1.29 is 27.8 Å². The second-order valence-electron chi connectivity index (χ2n) is 8.25. The van der Waals surface area contributed by atoms with Crippen molar-refractivity contribution in [2.75, 3.05) is 6.61 Å². The number of aliphatic hydroxyl groups excluding tert-OH is 1. The zero-order chi connectivity index (χ0) is 25.4. The number of pyridine rings is 1. The minimum absolute atomic E-state index is 0.0208. The molecular formula is C28H30F3NO3. The number of halogens is 3. The van der Waals surface area contributed by atoms with Gasteiger partial charge in [-0.2, -0.15) is 13.2 Å². The van der Waals surface area contributed by atoms with E-state index < -0.39 is 11.7 Å². The van der Waals surface area contributed by atoms with Crippen molar-refractivity contribution in [1.82, 2.24) is 4.98 Å². The number of aliphatic hydroxyl groups is 1. The number of aromatic nitrogens is 1. The summed E-state index contributed by atoms with van der Waals surface area (Å²) in [6.45, 7) is 7.56. The average molecular weight is 486 g/mol. The molecule has 0 fully saturated rings. The first kappa shape index (κ1) is 26.1. The predicted molar refractivity (Wildman–Crippen MR) is 131 cm³/mol. The summed E-state index contributed by atoms with van der Waals surface area (Å²) in [7, 11) is 0. The molecule has 1 atom stereocenters. The monoisotopic (exact) mass is 485 g/mol. The third-order valence-corrected chi connectivity index (χ3v) is 5.51. The average Bonchev–Trinajstić information content (AvgIpc) is 2.85. The highest BCUT2D eigenvalue weighted by molar-refractivity contribution is 5.59. The molecule has 0 aliphatic rings. The van der Waals surface area contributed by atoms with Gasteiger partial charge >= 0.3 is 6.18 Å². The largest absolute Gasteiger partial charge is 0.509 e. The van der Waals surface area contributed by atoms with Gasteiger partial charge in [0.1, 0.15) is 30.0 Å². The molecule has 186 valence electrons. The lowest BCUT2D eigenvalue weighted by atomic mass is 10.1. The van der Waals surface area contributed by atoms with Gasteiger partial charge in [-0.3, -0.25) is 0 Å². The molecule has 1 N–H and O–H groups in total. The minimum atomic E-state index is -4.38. The van der Waals surface area contributed by atoms with Crippen molar-refractivity contribution in [3.05, 3.63) is 89.8 Å². The Morgan fingerprint density at radius 3 is 2.43 bits per heavy atom. The van der Waals surface area contributed by atoms with E-state index in [0.29, 0.717) is 34.9 Å². The third-order valence-electron chi connectivity index (χ3n) is 5.51. The number of rotatable bonds is 11. The van der Waals surface area contributed by atoms with Gasteiger partial charge in [-0.05, 0) is 67.3 Å². The van der Waals surface area contributed by atoms with Gasteiger partial charge in [-0.25, -0.2) is 4.98 Å². The van der Waals surface area contributed by atoms with E-state index in [9.17, 15) is 18.3 Å². The van der Waals surface area contributed by atoms with Gasteiger partial charge in [-0.1, -0.05) is 45.0 Å². The fraction of sp³-hybridized carbons (Fsp3) is 0.321. The number of aryl methyl sites for hydroxylation is 1. The summed E-state index contributed by atoms with van der Waals surface area (Å²) in [6.07, 6.45) is -1.33. The van der Waals surface area contributed by atoms with E-state index in [-0.39, 0.29) is 18.5 Å². The van der Waals surface area contributed by atoms with Gasteiger partial charge in [0, 0.05) is 5.56 Å².